The summed E-state index contributed by atoms with van der Waals surface area (Å²) in [6.07, 6.45) is 5.58. The van der Waals surface area contributed by atoms with Crippen LogP contribution in [0.1, 0.15) is 45.9 Å². The van der Waals surface area contributed by atoms with E-state index in [1.165, 1.54) is 6.42 Å². The molecule has 2 unspecified atom stereocenters. The maximum atomic E-state index is 6.02. The Morgan fingerprint density at radius 3 is 2.96 bits per heavy atom. The minimum atomic E-state index is 0.0902. The number of aromatic nitrogens is 3. The van der Waals surface area contributed by atoms with Crippen molar-refractivity contribution in [2.24, 2.45) is 10.4 Å². The van der Waals surface area contributed by atoms with Crippen LogP contribution in [-0.4, -0.2) is 46.4 Å². The van der Waals surface area contributed by atoms with Crippen molar-refractivity contribution in [2.75, 3.05) is 13.7 Å². The number of pyridine rings is 1. The second-order valence-corrected chi connectivity index (χ2v) is 7.44. The number of nitrogens with zero attached hydrogens (tertiary/aromatic N) is 4. The van der Waals surface area contributed by atoms with Gasteiger partial charge in [0.2, 0.25) is 0 Å². The van der Waals surface area contributed by atoms with Gasteiger partial charge in [0.05, 0.1) is 12.6 Å². The molecule has 2 N–H and O–H groups in total. The van der Waals surface area contributed by atoms with Crippen molar-refractivity contribution in [1.82, 2.24) is 25.2 Å². The van der Waals surface area contributed by atoms with Crippen LogP contribution in [-0.2, 0) is 11.3 Å². The molecule has 0 aromatic carbocycles. The topological polar surface area (TPSA) is 75.8 Å². The number of hydrogen-bond acceptors (Lipinski definition) is 4. The summed E-state index contributed by atoms with van der Waals surface area (Å²) in [5.74, 6) is 1.64. The molecule has 3 rings (SSSR count). The van der Waals surface area contributed by atoms with E-state index in [2.05, 4.69) is 46.6 Å². The summed E-state index contributed by atoms with van der Waals surface area (Å²) in [6.45, 7) is 8.11. The summed E-state index contributed by atoms with van der Waals surface area (Å²) in [4.78, 5) is 4.35. The number of ether oxygens (including phenoxy) is 1. The number of unbranched alkanes of at least 4 members (excludes halogenated alkanes) is 1. The van der Waals surface area contributed by atoms with E-state index in [0.717, 1.165) is 36.9 Å². The van der Waals surface area contributed by atoms with Gasteiger partial charge in [0.1, 0.15) is 0 Å². The fourth-order valence-corrected chi connectivity index (χ4v) is 3.32. The summed E-state index contributed by atoms with van der Waals surface area (Å²) >= 11 is 0. The fraction of sp³-hybridized carbons (Fsp3) is 0.632. The van der Waals surface area contributed by atoms with Gasteiger partial charge in [-0.3, -0.25) is 9.39 Å². The van der Waals surface area contributed by atoms with E-state index in [1.807, 2.05) is 28.8 Å². The van der Waals surface area contributed by atoms with Gasteiger partial charge < -0.3 is 15.4 Å². The van der Waals surface area contributed by atoms with Crippen molar-refractivity contribution < 1.29 is 4.74 Å². The van der Waals surface area contributed by atoms with E-state index in [-0.39, 0.29) is 5.41 Å². The quantitative estimate of drug-likeness (QED) is 0.451. The van der Waals surface area contributed by atoms with E-state index in [4.69, 9.17) is 4.74 Å². The highest BCUT2D eigenvalue weighted by Gasteiger charge is 2.49. The third-order valence-electron chi connectivity index (χ3n) is 5.33. The predicted octanol–water partition coefficient (Wildman–Crippen LogP) is 2.38. The van der Waals surface area contributed by atoms with E-state index in [0.29, 0.717) is 18.7 Å². The highest BCUT2D eigenvalue weighted by atomic mass is 16.5. The van der Waals surface area contributed by atoms with Crippen molar-refractivity contribution in [3.63, 3.8) is 0 Å². The Balaban J connectivity index is 1.52. The molecule has 142 valence electrons. The van der Waals surface area contributed by atoms with E-state index in [9.17, 15) is 0 Å². The molecule has 2 heterocycles. The number of hydrogen-bond donors (Lipinski definition) is 2. The minimum Gasteiger partial charge on any atom is -0.378 e. The summed E-state index contributed by atoms with van der Waals surface area (Å²) in [6, 6.07) is 6.22. The molecule has 1 saturated carbocycles. The second-order valence-electron chi connectivity index (χ2n) is 7.44. The molecule has 7 heteroatoms. The van der Waals surface area contributed by atoms with Gasteiger partial charge in [-0.15, -0.1) is 10.2 Å². The predicted molar refractivity (Wildman–Crippen MR) is 103 cm³/mol. The lowest BCUT2D eigenvalue weighted by atomic mass is 9.64. The number of rotatable bonds is 7. The number of fused-ring (bicyclic) bond motifs is 1. The normalized spacial score (nSPS) is 22.2. The average molecular weight is 358 g/mol. The third kappa shape index (κ3) is 3.82. The van der Waals surface area contributed by atoms with Gasteiger partial charge in [0.25, 0.3) is 0 Å². The molecule has 0 bridgehead atoms. The minimum absolute atomic E-state index is 0.0902. The Labute approximate surface area is 155 Å². The molecule has 1 aliphatic rings. The molecule has 1 aliphatic carbocycles. The lowest BCUT2D eigenvalue weighted by Gasteiger charge is -2.52. The van der Waals surface area contributed by atoms with E-state index >= 15 is 0 Å². The highest BCUT2D eigenvalue weighted by molar-refractivity contribution is 5.80. The zero-order chi connectivity index (χ0) is 18.6. The van der Waals surface area contributed by atoms with Crippen LogP contribution in [0.4, 0.5) is 0 Å². The molecular weight excluding hydrogens is 328 g/mol. The van der Waals surface area contributed by atoms with Crippen molar-refractivity contribution in [1.29, 1.82) is 0 Å². The van der Waals surface area contributed by atoms with Crippen molar-refractivity contribution in [3.05, 3.63) is 30.2 Å². The molecule has 7 nitrogen and oxygen atoms in total. The Hall–Kier alpha value is -2.15. The monoisotopic (exact) mass is 358 g/mol. The molecule has 0 saturated heterocycles. The SMILES string of the molecule is CCCCOC1CC(NC(=NC)NCc2nnc3ccccn23)C1(C)C. The highest BCUT2D eigenvalue weighted by Crippen LogP contribution is 2.42. The largest absolute Gasteiger partial charge is 0.378 e. The summed E-state index contributed by atoms with van der Waals surface area (Å²) < 4.78 is 8.00. The molecule has 2 aromatic heterocycles. The summed E-state index contributed by atoms with van der Waals surface area (Å²) in [5, 5.41) is 15.3. The molecule has 0 radical (unpaired) electrons. The van der Waals surface area contributed by atoms with Gasteiger partial charge in [0, 0.05) is 31.3 Å². The molecule has 2 atom stereocenters. The van der Waals surface area contributed by atoms with E-state index in [1.54, 1.807) is 7.05 Å². The van der Waals surface area contributed by atoms with Crippen LogP contribution < -0.4 is 10.6 Å². The van der Waals surface area contributed by atoms with Crippen molar-refractivity contribution in [2.45, 2.75) is 58.7 Å². The zero-order valence-electron chi connectivity index (χ0n) is 16.2. The smallest absolute Gasteiger partial charge is 0.191 e. The Morgan fingerprint density at radius 2 is 2.23 bits per heavy atom. The first-order chi connectivity index (χ1) is 12.6. The lowest BCUT2D eigenvalue weighted by Crippen LogP contribution is -2.63. The number of nitrogens with one attached hydrogen (secondary N) is 2. The maximum Gasteiger partial charge on any atom is 0.191 e. The fourth-order valence-electron chi connectivity index (χ4n) is 3.32. The standard InChI is InChI=1S/C19H30N6O/c1-5-6-11-26-15-12-14(19(15,2)3)22-18(20-4)21-13-17-24-23-16-9-7-8-10-25(16)17/h7-10,14-15H,5-6,11-13H2,1-4H3,(H2,20,21,22). The van der Waals surface area contributed by atoms with Gasteiger partial charge in [-0.1, -0.05) is 33.3 Å². The summed E-state index contributed by atoms with van der Waals surface area (Å²) in [7, 11) is 1.79. The lowest BCUT2D eigenvalue weighted by molar-refractivity contribution is -0.113. The van der Waals surface area contributed by atoms with Crippen LogP contribution in [0.15, 0.2) is 29.4 Å². The molecule has 0 aliphatic heterocycles. The Morgan fingerprint density at radius 1 is 1.38 bits per heavy atom. The first-order valence-electron chi connectivity index (χ1n) is 9.43. The average Bonchev–Trinajstić information content (AvgIpc) is 3.06. The Bertz CT molecular complexity index is 753. The molecular formula is C19H30N6O. The second kappa shape index (κ2) is 8.03. The van der Waals surface area contributed by atoms with Crippen LogP contribution in [0.3, 0.4) is 0 Å². The first-order valence-corrected chi connectivity index (χ1v) is 9.43. The van der Waals surface area contributed by atoms with Crippen LogP contribution in [0, 0.1) is 5.41 Å². The molecule has 0 amide bonds. The van der Waals surface area contributed by atoms with Gasteiger partial charge in [0.15, 0.2) is 17.4 Å². The van der Waals surface area contributed by atoms with Gasteiger partial charge >= 0.3 is 0 Å². The Kier molecular flexibility index (Phi) is 5.76. The van der Waals surface area contributed by atoms with Crippen LogP contribution in [0.5, 0.6) is 0 Å². The van der Waals surface area contributed by atoms with Crippen molar-refractivity contribution >= 4 is 11.6 Å². The first kappa shape index (κ1) is 18.6. The maximum absolute atomic E-state index is 6.02. The molecule has 1 fully saturated rings. The zero-order valence-corrected chi connectivity index (χ0v) is 16.2. The van der Waals surface area contributed by atoms with Gasteiger partial charge in [-0.05, 0) is 25.0 Å². The molecule has 2 aromatic rings. The van der Waals surface area contributed by atoms with Crippen LogP contribution in [0.25, 0.3) is 5.65 Å². The summed E-state index contributed by atoms with van der Waals surface area (Å²) in [5.41, 5.74) is 0.937. The van der Waals surface area contributed by atoms with Gasteiger partial charge in [-0.25, -0.2) is 0 Å². The number of guanidine groups is 1. The third-order valence-corrected chi connectivity index (χ3v) is 5.33. The molecule has 0 spiro atoms. The van der Waals surface area contributed by atoms with Crippen LogP contribution >= 0.6 is 0 Å². The van der Waals surface area contributed by atoms with Gasteiger partial charge in [-0.2, -0.15) is 0 Å². The molecule has 26 heavy (non-hydrogen) atoms. The van der Waals surface area contributed by atoms with E-state index < -0.39 is 0 Å². The van der Waals surface area contributed by atoms with Crippen molar-refractivity contribution in [3.8, 4) is 0 Å². The number of aliphatic imine (C=N–C) groups is 1. The van der Waals surface area contributed by atoms with Crippen LogP contribution in [0.2, 0.25) is 0 Å².